The molecule has 0 aromatic rings. The summed E-state index contributed by atoms with van der Waals surface area (Å²) in [7, 11) is 2.10. The predicted octanol–water partition coefficient (Wildman–Crippen LogP) is 2.75. The van der Waals surface area contributed by atoms with Crippen LogP contribution in [-0.2, 0) is 4.79 Å². The molecule has 3 nitrogen and oxygen atoms in total. The zero-order valence-corrected chi connectivity index (χ0v) is 10.5. The molecule has 0 atom stereocenters. The standard InChI is InChI=1S/C13H25NO2/c1-14(10-5-8-13(15)16)11-9-12-6-3-2-4-7-12/h12H,2-11H2,1H3,(H,15,16). The van der Waals surface area contributed by atoms with Crippen molar-refractivity contribution in [1.82, 2.24) is 4.90 Å². The maximum atomic E-state index is 10.4. The molecule has 0 unspecified atom stereocenters. The van der Waals surface area contributed by atoms with Crippen molar-refractivity contribution in [2.45, 2.75) is 51.4 Å². The molecule has 0 bridgehead atoms. The van der Waals surface area contributed by atoms with Gasteiger partial charge in [-0.15, -0.1) is 0 Å². The van der Waals surface area contributed by atoms with Gasteiger partial charge in [-0.3, -0.25) is 4.79 Å². The van der Waals surface area contributed by atoms with Crippen LogP contribution in [0.2, 0.25) is 0 Å². The molecular weight excluding hydrogens is 202 g/mol. The van der Waals surface area contributed by atoms with Crippen LogP contribution in [0.1, 0.15) is 51.4 Å². The van der Waals surface area contributed by atoms with E-state index < -0.39 is 5.97 Å². The van der Waals surface area contributed by atoms with Crippen molar-refractivity contribution in [3.8, 4) is 0 Å². The Hall–Kier alpha value is -0.570. The second-order valence-corrected chi connectivity index (χ2v) is 5.09. The summed E-state index contributed by atoms with van der Waals surface area (Å²) in [6.07, 6.45) is 9.42. The van der Waals surface area contributed by atoms with E-state index in [0.717, 1.165) is 25.4 Å². The van der Waals surface area contributed by atoms with Crippen LogP contribution in [0.3, 0.4) is 0 Å². The lowest BCUT2D eigenvalue weighted by atomic mass is 9.87. The minimum absolute atomic E-state index is 0.299. The molecule has 94 valence electrons. The van der Waals surface area contributed by atoms with Gasteiger partial charge in [0.1, 0.15) is 0 Å². The molecular formula is C13H25NO2. The summed E-state index contributed by atoms with van der Waals surface area (Å²) in [5, 5.41) is 8.54. The van der Waals surface area contributed by atoms with Crippen molar-refractivity contribution < 1.29 is 9.90 Å². The van der Waals surface area contributed by atoms with Gasteiger partial charge in [-0.2, -0.15) is 0 Å². The minimum Gasteiger partial charge on any atom is -0.481 e. The van der Waals surface area contributed by atoms with Gasteiger partial charge in [0.05, 0.1) is 0 Å². The molecule has 1 saturated carbocycles. The number of aliphatic carboxylic acids is 1. The number of carbonyl (C=O) groups is 1. The van der Waals surface area contributed by atoms with Crippen LogP contribution in [0.4, 0.5) is 0 Å². The number of rotatable bonds is 7. The average Bonchev–Trinajstić information content (AvgIpc) is 2.27. The van der Waals surface area contributed by atoms with Gasteiger partial charge in [0, 0.05) is 6.42 Å². The Morgan fingerprint density at radius 3 is 2.56 bits per heavy atom. The molecule has 3 heteroatoms. The second kappa shape index (κ2) is 7.66. The third-order valence-corrected chi connectivity index (χ3v) is 3.57. The predicted molar refractivity (Wildman–Crippen MR) is 65.6 cm³/mol. The van der Waals surface area contributed by atoms with E-state index in [1.807, 2.05) is 0 Å². The monoisotopic (exact) mass is 227 g/mol. The van der Waals surface area contributed by atoms with Crippen LogP contribution in [0, 0.1) is 5.92 Å². The fraction of sp³-hybridized carbons (Fsp3) is 0.923. The average molecular weight is 227 g/mol. The number of hydrogen-bond donors (Lipinski definition) is 1. The van der Waals surface area contributed by atoms with Crippen molar-refractivity contribution in [2.24, 2.45) is 5.92 Å². The van der Waals surface area contributed by atoms with E-state index in [9.17, 15) is 4.79 Å². The lowest BCUT2D eigenvalue weighted by Crippen LogP contribution is -2.24. The lowest BCUT2D eigenvalue weighted by Gasteiger charge is -2.24. The normalized spacial score (nSPS) is 17.9. The van der Waals surface area contributed by atoms with E-state index in [0.29, 0.717) is 6.42 Å². The number of carboxylic acids is 1. The fourth-order valence-electron chi connectivity index (χ4n) is 2.49. The fourth-order valence-corrected chi connectivity index (χ4v) is 2.49. The summed E-state index contributed by atoms with van der Waals surface area (Å²) in [6.45, 7) is 2.04. The van der Waals surface area contributed by atoms with Crippen molar-refractivity contribution in [1.29, 1.82) is 0 Å². The Kier molecular flexibility index (Phi) is 6.46. The van der Waals surface area contributed by atoms with E-state index >= 15 is 0 Å². The minimum atomic E-state index is -0.680. The van der Waals surface area contributed by atoms with Crippen LogP contribution in [-0.4, -0.2) is 36.1 Å². The van der Waals surface area contributed by atoms with Crippen molar-refractivity contribution in [3.63, 3.8) is 0 Å². The SMILES string of the molecule is CN(CCCC(=O)O)CCC1CCCCC1. The zero-order valence-electron chi connectivity index (χ0n) is 10.5. The molecule has 1 aliphatic rings. The highest BCUT2D eigenvalue weighted by Gasteiger charge is 2.13. The van der Waals surface area contributed by atoms with Gasteiger partial charge in [0.2, 0.25) is 0 Å². The van der Waals surface area contributed by atoms with Crippen molar-refractivity contribution in [2.75, 3.05) is 20.1 Å². The molecule has 1 rings (SSSR count). The first-order chi connectivity index (χ1) is 7.68. The van der Waals surface area contributed by atoms with Crippen LogP contribution < -0.4 is 0 Å². The molecule has 16 heavy (non-hydrogen) atoms. The zero-order chi connectivity index (χ0) is 11.8. The summed E-state index contributed by atoms with van der Waals surface area (Å²) < 4.78 is 0. The first-order valence-corrected chi connectivity index (χ1v) is 6.59. The maximum absolute atomic E-state index is 10.4. The quantitative estimate of drug-likeness (QED) is 0.727. The number of hydrogen-bond acceptors (Lipinski definition) is 2. The van der Waals surface area contributed by atoms with Gasteiger partial charge in [0.15, 0.2) is 0 Å². The molecule has 0 aromatic heterocycles. The molecule has 0 saturated heterocycles. The van der Waals surface area contributed by atoms with Gasteiger partial charge in [-0.1, -0.05) is 32.1 Å². The molecule has 0 heterocycles. The molecule has 0 amide bonds. The molecule has 0 aromatic carbocycles. The summed E-state index contributed by atoms with van der Waals surface area (Å²) in [5.74, 6) is 0.247. The molecule has 0 radical (unpaired) electrons. The summed E-state index contributed by atoms with van der Waals surface area (Å²) in [5.41, 5.74) is 0. The highest BCUT2D eigenvalue weighted by molar-refractivity contribution is 5.66. The van der Waals surface area contributed by atoms with E-state index in [4.69, 9.17) is 5.11 Å². The van der Waals surface area contributed by atoms with Crippen LogP contribution in [0.15, 0.2) is 0 Å². The summed E-state index contributed by atoms with van der Waals surface area (Å²) >= 11 is 0. The topological polar surface area (TPSA) is 40.5 Å². The molecule has 1 fully saturated rings. The summed E-state index contributed by atoms with van der Waals surface area (Å²) in [4.78, 5) is 12.6. The van der Waals surface area contributed by atoms with Crippen molar-refractivity contribution >= 4 is 5.97 Å². The molecule has 0 spiro atoms. The van der Waals surface area contributed by atoms with E-state index in [1.165, 1.54) is 38.5 Å². The first kappa shape index (κ1) is 13.5. The second-order valence-electron chi connectivity index (χ2n) is 5.09. The molecule has 0 aliphatic heterocycles. The van der Waals surface area contributed by atoms with Crippen molar-refractivity contribution in [3.05, 3.63) is 0 Å². The van der Waals surface area contributed by atoms with Gasteiger partial charge >= 0.3 is 5.97 Å². The smallest absolute Gasteiger partial charge is 0.303 e. The van der Waals surface area contributed by atoms with Gasteiger partial charge in [-0.25, -0.2) is 0 Å². The summed E-state index contributed by atoms with van der Waals surface area (Å²) in [6, 6.07) is 0. The van der Waals surface area contributed by atoms with Crippen LogP contribution in [0.5, 0.6) is 0 Å². The highest BCUT2D eigenvalue weighted by atomic mass is 16.4. The largest absolute Gasteiger partial charge is 0.481 e. The molecule has 1 N–H and O–H groups in total. The Morgan fingerprint density at radius 2 is 1.94 bits per heavy atom. The van der Waals surface area contributed by atoms with Gasteiger partial charge in [-0.05, 0) is 38.9 Å². The first-order valence-electron chi connectivity index (χ1n) is 6.59. The highest BCUT2D eigenvalue weighted by Crippen LogP contribution is 2.26. The van der Waals surface area contributed by atoms with Gasteiger partial charge < -0.3 is 10.0 Å². The maximum Gasteiger partial charge on any atom is 0.303 e. The Balaban J connectivity index is 2.00. The lowest BCUT2D eigenvalue weighted by molar-refractivity contribution is -0.137. The van der Waals surface area contributed by atoms with Gasteiger partial charge in [0.25, 0.3) is 0 Å². The Morgan fingerprint density at radius 1 is 1.25 bits per heavy atom. The molecule has 1 aliphatic carbocycles. The van der Waals surface area contributed by atoms with E-state index in [1.54, 1.807) is 0 Å². The Labute approximate surface area is 98.8 Å². The Bertz CT molecular complexity index is 200. The van der Waals surface area contributed by atoms with E-state index in [-0.39, 0.29) is 0 Å². The van der Waals surface area contributed by atoms with Crippen LogP contribution in [0.25, 0.3) is 0 Å². The number of carboxylic acid groups (broad SMARTS) is 1. The third-order valence-electron chi connectivity index (χ3n) is 3.57. The number of nitrogens with zero attached hydrogens (tertiary/aromatic N) is 1. The third kappa shape index (κ3) is 6.11. The van der Waals surface area contributed by atoms with Crippen LogP contribution >= 0.6 is 0 Å². The van der Waals surface area contributed by atoms with E-state index in [2.05, 4.69) is 11.9 Å².